The zero-order chi connectivity index (χ0) is 18.5. The standard InChI is InChI=1S/C16H20N6O4/c1-12-2-3-13(14(19-12)22(24)25)26-11-10-21-9-6-18-15(16(21)23)20-7-4-17-5-8-20/h2-3,6,9,17H,4-5,7-8,10-11H2,1H3. The molecule has 0 saturated carbocycles. The predicted molar refractivity (Wildman–Crippen MR) is 94.7 cm³/mol. The molecule has 0 amide bonds. The molecule has 0 radical (unpaired) electrons. The normalized spacial score (nSPS) is 14.3. The van der Waals surface area contributed by atoms with Gasteiger partial charge in [-0.1, -0.05) is 0 Å². The Kier molecular flexibility index (Phi) is 5.42. The maximum atomic E-state index is 12.6. The van der Waals surface area contributed by atoms with Gasteiger partial charge < -0.3 is 29.6 Å². The van der Waals surface area contributed by atoms with Crippen molar-refractivity contribution >= 4 is 11.6 Å². The number of anilines is 1. The Balaban J connectivity index is 1.69. The first-order valence-corrected chi connectivity index (χ1v) is 8.32. The molecule has 1 aliphatic heterocycles. The number of hydrogen-bond donors (Lipinski definition) is 1. The number of piperazine rings is 1. The summed E-state index contributed by atoms with van der Waals surface area (Å²) in [5, 5.41) is 14.3. The number of nitro groups is 1. The Morgan fingerprint density at radius 2 is 2.12 bits per heavy atom. The molecule has 1 fully saturated rings. The van der Waals surface area contributed by atoms with Crippen molar-refractivity contribution in [3.63, 3.8) is 0 Å². The number of aromatic nitrogens is 3. The van der Waals surface area contributed by atoms with E-state index >= 15 is 0 Å². The second-order valence-electron chi connectivity index (χ2n) is 5.87. The monoisotopic (exact) mass is 360 g/mol. The van der Waals surface area contributed by atoms with Crippen molar-refractivity contribution in [2.75, 3.05) is 37.7 Å². The van der Waals surface area contributed by atoms with Gasteiger partial charge in [-0.2, -0.15) is 0 Å². The lowest BCUT2D eigenvalue weighted by atomic mass is 10.3. The molecule has 1 saturated heterocycles. The Bertz CT molecular complexity index is 847. The molecule has 1 N–H and O–H groups in total. The predicted octanol–water partition coefficient (Wildman–Crippen LogP) is 0.344. The molecule has 0 atom stereocenters. The second-order valence-corrected chi connectivity index (χ2v) is 5.87. The van der Waals surface area contributed by atoms with Gasteiger partial charge in [0.2, 0.25) is 5.75 Å². The third-order valence-corrected chi connectivity index (χ3v) is 4.05. The fraction of sp³-hybridized carbons (Fsp3) is 0.438. The van der Waals surface area contributed by atoms with Gasteiger partial charge in [-0.3, -0.25) is 4.79 Å². The summed E-state index contributed by atoms with van der Waals surface area (Å²) in [6, 6.07) is 3.16. The van der Waals surface area contributed by atoms with E-state index in [1.165, 1.54) is 10.6 Å². The maximum Gasteiger partial charge on any atom is 0.406 e. The summed E-state index contributed by atoms with van der Waals surface area (Å²) in [5.74, 6) is 0.176. The van der Waals surface area contributed by atoms with E-state index in [0.717, 1.165) is 26.2 Å². The largest absolute Gasteiger partial charge is 0.484 e. The molecule has 2 aromatic heterocycles. The number of nitrogens with one attached hydrogen (secondary N) is 1. The molecule has 10 heteroatoms. The third-order valence-electron chi connectivity index (χ3n) is 4.05. The molecule has 0 spiro atoms. The van der Waals surface area contributed by atoms with E-state index in [9.17, 15) is 14.9 Å². The van der Waals surface area contributed by atoms with E-state index in [1.807, 2.05) is 4.90 Å². The summed E-state index contributed by atoms with van der Waals surface area (Å²) in [6.45, 7) is 5.10. The first-order chi connectivity index (χ1) is 12.6. The van der Waals surface area contributed by atoms with Crippen molar-refractivity contribution < 1.29 is 9.66 Å². The summed E-state index contributed by atoms with van der Waals surface area (Å²) in [4.78, 5) is 33.1. The molecule has 3 heterocycles. The minimum atomic E-state index is -0.580. The van der Waals surface area contributed by atoms with Crippen LogP contribution in [0.15, 0.2) is 29.3 Å². The van der Waals surface area contributed by atoms with Crippen LogP contribution in [0.4, 0.5) is 11.6 Å². The van der Waals surface area contributed by atoms with Gasteiger partial charge in [0, 0.05) is 45.5 Å². The summed E-state index contributed by atoms with van der Waals surface area (Å²) in [6.07, 6.45) is 3.16. The fourth-order valence-electron chi connectivity index (χ4n) is 2.73. The van der Waals surface area contributed by atoms with Gasteiger partial charge in [0.25, 0.3) is 5.56 Å². The lowest BCUT2D eigenvalue weighted by Gasteiger charge is -2.27. The first-order valence-electron chi connectivity index (χ1n) is 8.32. The molecule has 138 valence electrons. The van der Waals surface area contributed by atoms with Gasteiger partial charge >= 0.3 is 5.82 Å². The number of aryl methyl sites for hydroxylation is 1. The summed E-state index contributed by atoms with van der Waals surface area (Å²) < 4.78 is 6.99. The van der Waals surface area contributed by atoms with Crippen molar-refractivity contribution in [3.05, 3.63) is 50.7 Å². The molecular formula is C16H20N6O4. The summed E-state index contributed by atoms with van der Waals surface area (Å²) in [7, 11) is 0. The molecule has 0 bridgehead atoms. The molecule has 3 rings (SSSR count). The Hall–Kier alpha value is -3.01. The topological polar surface area (TPSA) is 115 Å². The number of nitrogens with zero attached hydrogens (tertiary/aromatic N) is 5. The van der Waals surface area contributed by atoms with Crippen LogP contribution >= 0.6 is 0 Å². The number of hydrogen-bond acceptors (Lipinski definition) is 8. The van der Waals surface area contributed by atoms with Gasteiger partial charge in [0.05, 0.1) is 6.54 Å². The fourth-order valence-corrected chi connectivity index (χ4v) is 2.73. The lowest BCUT2D eigenvalue weighted by molar-refractivity contribution is -0.390. The Labute approximate surface area is 149 Å². The average molecular weight is 360 g/mol. The van der Waals surface area contributed by atoms with Gasteiger partial charge in [-0.15, -0.1) is 0 Å². The smallest absolute Gasteiger partial charge is 0.406 e. The van der Waals surface area contributed by atoms with E-state index in [4.69, 9.17) is 4.74 Å². The van der Waals surface area contributed by atoms with Gasteiger partial charge in [0.1, 0.15) is 12.3 Å². The number of rotatable bonds is 6. The highest BCUT2D eigenvalue weighted by atomic mass is 16.6. The summed E-state index contributed by atoms with van der Waals surface area (Å²) in [5.41, 5.74) is 0.338. The second kappa shape index (κ2) is 7.91. The molecule has 0 aromatic carbocycles. The minimum absolute atomic E-state index is 0.0880. The van der Waals surface area contributed by atoms with Crippen molar-refractivity contribution in [1.29, 1.82) is 0 Å². The van der Waals surface area contributed by atoms with Crippen molar-refractivity contribution in [1.82, 2.24) is 19.9 Å². The molecule has 0 unspecified atom stereocenters. The third kappa shape index (κ3) is 3.97. The minimum Gasteiger partial charge on any atom is -0.484 e. The van der Waals surface area contributed by atoms with Crippen LogP contribution in [0.2, 0.25) is 0 Å². The van der Waals surface area contributed by atoms with Crippen LogP contribution in [-0.2, 0) is 6.54 Å². The van der Waals surface area contributed by atoms with Crippen LogP contribution in [0.5, 0.6) is 5.75 Å². The van der Waals surface area contributed by atoms with Crippen LogP contribution in [-0.4, -0.2) is 52.2 Å². The van der Waals surface area contributed by atoms with Crippen LogP contribution in [0, 0.1) is 17.0 Å². The van der Waals surface area contributed by atoms with Crippen molar-refractivity contribution in [2.45, 2.75) is 13.5 Å². The lowest BCUT2D eigenvalue weighted by Crippen LogP contribution is -2.46. The summed E-state index contributed by atoms with van der Waals surface area (Å²) >= 11 is 0. The highest BCUT2D eigenvalue weighted by Gasteiger charge is 2.18. The number of pyridine rings is 1. The van der Waals surface area contributed by atoms with Crippen LogP contribution in [0.25, 0.3) is 0 Å². The van der Waals surface area contributed by atoms with E-state index in [2.05, 4.69) is 15.3 Å². The van der Waals surface area contributed by atoms with Crippen LogP contribution < -0.4 is 20.5 Å². The van der Waals surface area contributed by atoms with Crippen LogP contribution in [0.3, 0.4) is 0 Å². The number of ether oxygens (including phenoxy) is 1. The van der Waals surface area contributed by atoms with E-state index in [0.29, 0.717) is 11.5 Å². The van der Waals surface area contributed by atoms with Crippen molar-refractivity contribution in [3.8, 4) is 5.75 Å². The highest BCUT2D eigenvalue weighted by molar-refractivity contribution is 5.40. The quantitative estimate of drug-likeness (QED) is 0.579. The maximum absolute atomic E-state index is 12.6. The zero-order valence-corrected chi connectivity index (χ0v) is 14.4. The van der Waals surface area contributed by atoms with Gasteiger partial charge in [0.15, 0.2) is 5.82 Å². The molecule has 0 aliphatic carbocycles. The SMILES string of the molecule is Cc1ccc(OCCn2ccnc(N3CCNCC3)c2=O)c([N+](=O)[O-])n1. The first kappa shape index (κ1) is 17.8. The Morgan fingerprint density at radius 1 is 1.35 bits per heavy atom. The van der Waals surface area contributed by atoms with Crippen molar-refractivity contribution in [2.24, 2.45) is 0 Å². The van der Waals surface area contributed by atoms with Gasteiger partial charge in [-0.25, -0.2) is 4.98 Å². The molecule has 10 nitrogen and oxygen atoms in total. The highest BCUT2D eigenvalue weighted by Crippen LogP contribution is 2.24. The average Bonchev–Trinajstić information content (AvgIpc) is 2.65. The molecule has 2 aromatic rings. The van der Waals surface area contributed by atoms with Crippen LogP contribution in [0.1, 0.15) is 5.69 Å². The molecular weight excluding hydrogens is 340 g/mol. The molecule has 1 aliphatic rings. The molecule has 26 heavy (non-hydrogen) atoms. The van der Waals surface area contributed by atoms with Gasteiger partial charge in [-0.05, 0) is 22.0 Å². The zero-order valence-electron chi connectivity index (χ0n) is 14.4. The van der Waals surface area contributed by atoms with E-state index < -0.39 is 4.92 Å². The van der Waals surface area contributed by atoms with E-state index in [-0.39, 0.29) is 30.3 Å². The van der Waals surface area contributed by atoms with E-state index in [1.54, 1.807) is 25.4 Å². The Morgan fingerprint density at radius 3 is 2.85 bits per heavy atom.